The fourth-order valence-electron chi connectivity index (χ4n) is 5.09. The second kappa shape index (κ2) is 10.3. The van der Waals surface area contributed by atoms with Gasteiger partial charge >= 0.3 is 12.1 Å². The van der Waals surface area contributed by atoms with E-state index < -0.39 is 69.4 Å². The quantitative estimate of drug-likeness (QED) is 0.312. The van der Waals surface area contributed by atoms with Crippen LogP contribution < -0.4 is 15.8 Å². The Morgan fingerprint density at radius 2 is 1.62 bits per heavy atom. The van der Waals surface area contributed by atoms with E-state index in [2.05, 4.69) is 5.32 Å². The maximum atomic E-state index is 15.1. The Kier molecular flexibility index (Phi) is 7.58. The average molecular weight is 592 g/mol. The first-order valence-electron chi connectivity index (χ1n) is 13.2. The molecule has 42 heavy (non-hydrogen) atoms. The van der Waals surface area contributed by atoms with E-state index >= 15 is 4.39 Å². The lowest BCUT2D eigenvalue weighted by atomic mass is 9.86. The van der Waals surface area contributed by atoms with Crippen LogP contribution in [0.5, 0.6) is 5.75 Å². The molecule has 0 bridgehead atoms. The average Bonchev–Trinajstić information content (AvgIpc) is 2.84. The van der Waals surface area contributed by atoms with Crippen molar-refractivity contribution >= 4 is 28.5 Å². The van der Waals surface area contributed by atoms with Crippen LogP contribution in [0.3, 0.4) is 0 Å². The molecule has 226 valence electrons. The minimum atomic E-state index is -4.58. The highest BCUT2D eigenvalue weighted by Gasteiger charge is 2.39. The van der Waals surface area contributed by atoms with E-state index in [4.69, 9.17) is 4.74 Å². The maximum absolute atomic E-state index is 15.1. The summed E-state index contributed by atoms with van der Waals surface area (Å²) < 4.78 is 61.3. The molecule has 1 aromatic heterocycles. The molecule has 1 aliphatic rings. The molecule has 1 amide bonds. The van der Waals surface area contributed by atoms with Gasteiger partial charge in [0.1, 0.15) is 28.8 Å². The number of aromatic hydroxyl groups is 1. The van der Waals surface area contributed by atoms with Gasteiger partial charge in [-0.05, 0) is 56.0 Å². The summed E-state index contributed by atoms with van der Waals surface area (Å²) in [5.74, 6) is -3.23. The zero-order valence-electron chi connectivity index (χ0n) is 24.3. The smallest absolute Gasteiger partial charge is 0.416 e. The lowest BCUT2D eigenvalue weighted by Gasteiger charge is -2.36. The first kappa shape index (κ1) is 30.9. The van der Waals surface area contributed by atoms with E-state index in [1.165, 1.54) is 23.1 Å². The number of benzene rings is 2. The van der Waals surface area contributed by atoms with Gasteiger partial charge in [-0.3, -0.25) is 14.2 Å². The Hall–Kier alpha value is -4.09. The molecule has 4 rings (SSSR count). The molecule has 2 aromatic carbocycles. The number of carbonyl (C=O) groups excluding carboxylic acids is 2. The van der Waals surface area contributed by atoms with Crippen molar-refractivity contribution in [1.82, 2.24) is 9.88 Å². The van der Waals surface area contributed by atoms with Gasteiger partial charge in [0.25, 0.3) is 11.5 Å². The molecule has 0 fully saturated rings. The van der Waals surface area contributed by atoms with E-state index in [9.17, 15) is 32.7 Å². The number of pyridine rings is 1. The van der Waals surface area contributed by atoms with Gasteiger partial charge in [0.2, 0.25) is 0 Å². The molecular weight excluding hydrogens is 558 g/mol. The van der Waals surface area contributed by atoms with Crippen molar-refractivity contribution in [3.63, 3.8) is 0 Å². The standard InChI is InChI=1S/C30H33F4N3O5/c1-28(2,3)24(27(41)42-29(4,5)6)35-25(39)20-23(38)17-12-13-18(31)22-21(17)37(26(20)40)19(14-36(22)7)15-8-10-16(11-9-15)30(32,33)34/h8-13,19,24,38H,14H2,1-7H3,(H,35,39). The van der Waals surface area contributed by atoms with Crippen molar-refractivity contribution in [1.29, 1.82) is 0 Å². The van der Waals surface area contributed by atoms with Gasteiger partial charge in [0.05, 0.1) is 22.8 Å². The molecule has 2 N–H and O–H groups in total. The summed E-state index contributed by atoms with van der Waals surface area (Å²) in [5, 5.41) is 13.7. The summed E-state index contributed by atoms with van der Waals surface area (Å²) in [4.78, 5) is 42.2. The number of hydrogen-bond donors (Lipinski definition) is 2. The van der Waals surface area contributed by atoms with E-state index in [1.807, 2.05) is 0 Å². The van der Waals surface area contributed by atoms with Crippen LogP contribution in [-0.4, -0.2) is 46.8 Å². The summed E-state index contributed by atoms with van der Waals surface area (Å²) in [5.41, 5.74) is -4.06. The number of carbonyl (C=O) groups is 2. The highest BCUT2D eigenvalue weighted by atomic mass is 19.4. The highest BCUT2D eigenvalue weighted by molar-refractivity contribution is 6.06. The predicted octanol–water partition coefficient (Wildman–Crippen LogP) is 5.39. The van der Waals surface area contributed by atoms with Crippen molar-refractivity contribution in [3.05, 3.63) is 69.3 Å². The number of amides is 1. The second-order valence-corrected chi connectivity index (χ2v) is 12.5. The molecule has 8 nitrogen and oxygen atoms in total. The van der Waals surface area contributed by atoms with Gasteiger partial charge < -0.3 is 20.1 Å². The Bertz CT molecular complexity index is 1620. The Balaban J connectivity index is 1.92. The number of nitrogens with zero attached hydrogens (tertiary/aromatic N) is 2. The van der Waals surface area contributed by atoms with Crippen molar-refractivity contribution in [3.8, 4) is 5.75 Å². The number of esters is 1. The van der Waals surface area contributed by atoms with Gasteiger partial charge in [0, 0.05) is 19.0 Å². The monoisotopic (exact) mass is 591 g/mol. The fraction of sp³-hybridized carbons (Fsp3) is 0.433. The van der Waals surface area contributed by atoms with Crippen LogP contribution in [0, 0.1) is 11.2 Å². The van der Waals surface area contributed by atoms with Crippen LogP contribution in [0.2, 0.25) is 0 Å². The molecular formula is C30H33F4N3O5. The van der Waals surface area contributed by atoms with Crippen LogP contribution in [0.15, 0.2) is 41.2 Å². The van der Waals surface area contributed by atoms with Crippen LogP contribution in [0.25, 0.3) is 10.9 Å². The Morgan fingerprint density at radius 3 is 2.14 bits per heavy atom. The van der Waals surface area contributed by atoms with Gasteiger partial charge in [-0.15, -0.1) is 0 Å². The summed E-state index contributed by atoms with van der Waals surface area (Å²) in [6.07, 6.45) is -4.58. The number of ether oxygens (including phenoxy) is 1. The van der Waals surface area contributed by atoms with Gasteiger partial charge in [0.15, 0.2) is 0 Å². The molecule has 12 heteroatoms. The predicted molar refractivity (Wildman–Crippen MR) is 149 cm³/mol. The number of alkyl halides is 3. The van der Waals surface area contributed by atoms with Gasteiger partial charge in [-0.2, -0.15) is 13.2 Å². The number of aromatic nitrogens is 1. The van der Waals surface area contributed by atoms with Crippen LogP contribution in [0.4, 0.5) is 23.2 Å². The van der Waals surface area contributed by atoms with E-state index in [1.54, 1.807) is 48.6 Å². The zero-order valence-corrected chi connectivity index (χ0v) is 24.3. The minimum Gasteiger partial charge on any atom is -0.506 e. The molecule has 2 atom stereocenters. The van der Waals surface area contributed by atoms with Crippen molar-refractivity contribution in [2.45, 2.75) is 65.4 Å². The molecule has 0 radical (unpaired) electrons. The van der Waals surface area contributed by atoms with Crippen LogP contribution in [-0.2, 0) is 15.7 Å². The minimum absolute atomic E-state index is 0.0173. The molecule has 1 aliphatic heterocycles. The van der Waals surface area contributed by atoms with Crippen LogP contribution >= 0.6 is 0 Å². The maximum Gasteiger partial charge on any atom is 0.416 e. The number of rotatable bonds is 4. The van der Waals surface area contributed by atoms with Crippen molar-refractivity contribution in [2.75, 3.05) is 18.5 Å². The third kappa shape index (κ3) is 5.66. The topological polar surface area (TPSA) is 101 Å². The molecule has 0 aliphatic carbocycles. The molecule has 0 saturated carbocycles. The third-order valence-electron chi connectivity index (χ3n) is 7.04. The largest absolute Gasteiger partial charge is 0.506 e. The molecule has 0 saturated heterocycles. The lowest BCUT2D eigenvalue weighted by Crippen LogP contribution is -2.52. The van der Waals surface area contributed by atoms with Gasteiger partial charge in [-0.25, -0.2) is 9.18 Å². The molecule has 2 unspecified atom stereocenters. The van der Waals surface area contributed by atoms with E-state index in [-0.39, 0.29) is 23.1 Å². The summed E-state index contributed by atoms with van der Waals surface area (Å²) in [6.45, 7) is 10.0. The summed E-state index contributed by atoms with van der Waals surface area (Å²) >= 11 is 0. The summed E-state index contributed by atoms with van der Waals surface area (Å²) in [6, 6.07) is 4.32. The van der Waals surface area contributed by atoms with Crippen LogP contribution in [0.1, 0.15) is 69.1 Å². The molecule has 3 aromatic rings. The highest BCUT2D eigenvalue weighted by Crippen LogP contribution is 2.41. The molecule has 0 spiro atoms. The Morgan fingerprint density at radius 1 is 1.02 bits per heavy atom. The SMILES string of the molecule is CN1CC(c2ccc(C(F)(F)F)cc2)n2c(=O)c(C(=O)NC(C(=O)OC(C)(C)C)C(C)(C)C)c(O)c3ccc(F)c1c32. The van der Waals surface area contributed by atoms with Gasteiger partial charge in [-0.1, -0.05) is 32.9 Å². The number of likely N-dealkylation sites (N-methyl/N-ethyl adjacent to an activating group) is 1. The number of nitrogens with one attached hydrogen (secondary N) is 1. The second-order valence-electron chi connectivity index (χ2n) is 12.5. The van der Waals surface area contributed by atoms with E-state index in [0.717, 1.165) is 22.8 Å². The summed E-state index contributed by atoms with van der Waals surface area (Å²) in [7, 11) is 1.55. The van der Waals surface area contributed by atoms with Crippen molar-refractivity contribution < 1.29 is 37.0 Å². The number of anilines is 1. The first-order valence-corrected chi connectivity index (χ1v) is 13.2. The normalized spacial score (nSPS) is 16.4. The third-order valence-corrected chi connectivity index (χ3v) is 7.04. The molecule has 2 heterocycles. The van der Waals surface area contributed by atoms with Crippen molar-refractivity contribution in [2.24, 2.45) is 5.41 Å². The zero-order chi connectivity index (χ0) is 31.5. The number of halogens is 4. The lowest BCUT2D eigenvalue weighted by molar-refractivity contribution is -0.160. The number of hydrogen-bond acceptors (Lipinski definition) is 6. The Labute approximate surface area is 239 Å². The van der Waals surface area contributed by atoms with E-state index in [0.29, 0.717) is 5.56 Å². The fourth-order valence-corrected chi connectivity index (χ4v) is 5.09. The first-order chi connectivity index (χ1) is 19.2.